The lowest BCUT2D eigenvalue weighted by Gasteiger charge is -2.35. The Labute approximate surface area is 193 Å². The van der Waals surface area contributed by atoms with Crippen LogP contribution in [-0.4, -0.2) is 73.3 Å². The van der Waals surface area contributed by atoms with Crippen LogP contribution >= 0.6 is 0 Å². The number of para-hydroxylation sites is 1. The van der Waals surface area contributed by atoms with Gasteiger partial charge in [-0.25, -0.2) is 15.0 Å². The predicted octanol–water partition coefficient (Wildman–Crippen LogP) is 2.29. The number of anilines is 4. The van der Waals surface area contributed by atoms with Crippen LogP contribution in [0.2, 0.25) is 0 Å². The van der Waals surface area contributed by atoms with Gasteiger partial charge in [0.15, 0.2) is 0 Å². The zero-order valence-corrected chi connectivity index (χ0v) is 18.4. The molecule has 2 aliphatic rings. The number of hydrogen-bond donors (Lipinski definition) is 1. The highest BCUT2D eigenvalue weighted by molar-refractivity contribution is 6.08. The molecule has 5 rings (SSSR count). The third-order valence-corrected chi connectivity index (χ3v) is 5.93. The van der Waals surface area contributed by atoms with Gasteiger partial charge < -0.3 is 24.8 Å². The Morgan fingerprint density at radius 3 is 2.21 bits per heavy atom. The predicted molar refractivity (Wildman–Crippen MR) is 128 cm³/mol. The second kappa shape index (κ2) is 9.83. The molecule has 4 heterocycles. The Bertz CT molecular complexity index is 1060. The Balaban J connectivity index is 1.21. The molecule has 2 aliphatic heterocycles. The summed E-state index contributed by atoms with van der Waals surface area (Å²) in [5.41, 5.74) is 2.13. The van der Waals surface area contributed by atoms with Gasteiger partial charge in [-0.2, -0.15) is 0 Å². The largest absolute Gasteiger partial charge is 0.378 e. The summed E-state index contributed by atoms with van der Waals surface area (Å²) in [5.74, 6) is 1.49. The first-order chi connectivity index (χ1) is 16.3. The Morgan fingerprint density at radius 2 is 1.48 bits per heavy atom. The van der Waals surface area contributed by atoms with Gasteiger partial charge in [0.05, 0.1) is 36.9 Å². The van der Waals surface area contributed by atoms with E-state index in [1.54, 1.807) is 12.4 Å². The van der Waals surface area contributed by atoms with Crippen molar-refractivity contribution in [1.29, 1.82) is 0 Å². The summed E-state index contributed by atoms with van der Waals surface area (Å²) in [6.07, 6.45) is 5.16. The van der Waals surface area contributed by atoms with E-state index in [0.717, 1.165) is 50.8 Å². The molecule has 0 unspecified atom stereocenters. The second-order valence-electron chi connectivity index (χ2n) is 8.00. The van der Waals surface area contributed by atoms with Gasteiger partial charge >= 0.3 is 0 Å². The summed E-state index contributed by atoms with van der Waals surface area (Å²) in [5, 5.41) is 2.94. The number of pyridine rings is 1. The van der Waals surface area contributed by atoms with Crippen molar-refractivity contribution in [2.45, 2.75) is 0 Å². The minimum atomic E-state index is -0.169. The Morgan fingerprint density at radius 1 is 0.788 bits per heavy atom. The van der Waals surface area contributed by atoms with Crippen molar-refractivity contribution < 1.29 is 9.53 Å². The van der Waals surface area contributed by atoms with Gasteiger partial charge in [-0.05, 0) is 24.3 Å². The van der Waals surface area contributed by atoms with E-state index >= 15 is 0 Å². The molecular formula is C24H27N7O2. The number of aromatic nitrogens is 3. The molecule has 0 radical (unpaired) electrons. The number of piperazine rings is 1. The van der Waals surface area contributed by atoms with Crippen LogP contribution in [0.1, 0.15) is 10.4 Å². The Hall–Kier alpha value is -3.72. The van der Waals surface area contributed by atoms with Crippen LogP contribution in [0, 0.1) is 0 Å². The van der Waals surface area contributed by atoms with E-state index < -0.39 is 0 Å². The second-order valence-corrected chi connectivity index (χ2v) is 8.00. The van der Waals surface area contributed by atoms with Gasteiger partial charge in [-0.15, -0.1) is 0 Å². The maximum Gasteiger partial charge on any atom is 0.257 e. The molecule has 0 aliphatic carbocycles. The zero-order valence-electron chi connectivity index (χ0n) is 18.4. The topological polar surface area (TPSA) is 86.7 Å². The molecule has 9 heteroatoms. The maximum atomic E-state index is 13.0. The number of ether oxygens (including phenoxy) is 1. The summed E-state index contributed by atoms with van der Waals surface area (Å²) in [6.45, 7) is 6.23. The van der Waals surface area contributed by atoms with Crippen molar-refractivity contribution in [1.82, 2.24) is 15.0 Å². The molecule has 0 saturated carbocycles. The molecular weight excluding hydrogens is 418 g/mol. The number of nitrogens with one attached hydrogen (secondary N) is 1. The molecule has 2 aromatic heterocycles. The van der Waals surface area contributed by atoms with Crippen molar-refractivity contribution in [2.24, 2.45) is 0 Å². The molecule has 0 bridgehead atoms. The van der Waals surface area contributed by atoms with Gasteiger partial charge in [0.2, 0.25) is 5.95 Å². The zero-order chi connectivity index (χ0) is 22.5. The summed E-state index contributed by atoms with van der Waals surface area (Å²) < 4.78 is 5.44. The summed E-state index contributed by atoms with van der Waals surface area (Å²) in [7, 11) is 0. The minimum absolute atomic E-state index is 0.169. The van der Waals surface area contributed by atoms with E-state index in [4.69, 9.17) is 4.74 Å². The van der Waals surface area contributed by atoms with E-state index in [9.17, 15) is 4.79 Å². The molecule has 1 aromatic carbocycles. The summed E-state index contributed by atoms with van der Waals surface area (Å²) in [4.78, 5) is 33.0. The first-order valence-corrected chi connectivity index (χ1v) is 11.2. The summed E-state index contributed by atoms with van der Waals surface area (Å²) in [6, 6.07) is 13.6. The van der Waals surface area contributed by atoms with Crippen LogP contribution in [0.15, 0.2) is 61.1 Å². The quantitative estimate of drug-likeness (QED) is 0.640. The third-order valence-electron chi connectivity index (χ3n) is 5.93. The van der Waals surface area contributed by atoms with Crippen molar-refractivity contribution in [3.8, 4) is 0 Å². The van der Waals surface area contributed by atoms with E-state index in [-0.39, 0.29) is 5.91 Å². The monoisotopic (exact) mass is 445 g/mol. The molecule has 2 saturated heterocycles. The normalized spacial score (nSPS) is 16.5. The van der Waals surface area contributed by atoms with Crippen LogP contribution in [0.4, 0.5) is 23.1 Å². The molecule has 3 aromatic rings. The van der Waals surface area contributed by atoms with Crippen LogP contribution in [0.5, 0.6) is 0 Å². The standard InChI is InChI=1S/C24H27N7O2/c32-23(20-5-1-2-6-21(20)29-13-15-33-16-14-29)28-19-17-26-24(27-18-19)31-11-9-30(10-12-31)22-7-3-4-8-25-22/h1-8,17-18H,9-16H2,(H,28,32). The van der Waals surface area contributed by atoms with Gasteiger partial charge in [0.1, 0.15) is 5.82 Å². The van der Waals surface area contributed by atoms with Gasteiger partial charge in [0, 0.05) is 51.2 Å². The fourth-order valence-corrected chi connectivity index (χ4v) is 4.17. The smallest absolute Gasteiger partial charge is 0.257 e. The van der Waals surface area contributed by atoms with Crippen LogP contribution in [0.25, 0.3) is 0 Å². The van der Waals surface area contributed by atoms with Gasteiger partial charge in [-0.1, -0.05) is 18.2 Å². The SMILES string of the molecule is O=C(Nc1cnc(N2CCN(c3ccccn3)CC2)nc1)c1ccccc1N1CCOCC1. The number of rotatable bonds is 5. The first-order valence-electron chi connectivity index (χ1n) is 11.2. The van der Waals surface area contributed by atoms with Crippen molar-refractivity contribution in [2.75, 3.05) is 72.5 Å². The molecule has 0 spiro atoms. The van der Waals surface area contributed by atoms with E-state index in [0.29, 0.717) is 30.4 Å². The number of hydrogen-bond acceptors (Lipinski definition) is 8. The number of benzene rings is 1. The summed E-state index contributed by atoms with van der Waals surface area (Å²) >= 11 is 0. The van der Waals surface area contributed by atoms with Crippen molar-refractivity contribution in [3.05, 3.63) is 66.6 Å². The molecule has 2 fully saturated rings. The fourth-order valence-electron chi connectivity index (χ4n) is 4.17. The maximum absolute atomic E-state index is 13.0. The molecule has 0 atom stereocenters. The first kappa shape index (κ1) is 21.1. The van der Waals surface area contributed by atoms with Crippen LogP contribution in [0.3, 0.4) is 0 Å². The van der Waals surface area contributed by atoms with Crippen molar-refractivity contribution >= 4 is 29.0 Å². The van der Waals surface area contributed by atoms with Gasteiger partial charge in [-0.3, -0.25) is 4.79 Å². The molecule has 170 valence electrons. The average Bonchev–Trinajstić information content (AvgIpc) is 2.90. The number of nitrogens with zero attached hydrogens (tertiary/aromatic N) is 6. The highest BCUT2D eigenvalue weighted by Crippen LogP contribution is 2.23. The van der Waals surface area contributed by atoms with Crippen LogP contribution in [-0.2, 0) is 4.74 Å². The highest BCUT2D eigenvalue weighted by Gasteiger charge is 2.21. The number of carbonyl (C=O) groups is 1. The minimum Gasteiger partial charge on any atom is -0.378 e. The molecule has 1 N–H and O–H groups in total. The molecule has 1 amide bonds. The number of amides is 1. The molecule has 33 heavy (non-hydrogen) atoms. The lowest BCUT2D eigenvalue weighted by atomic mass is 10.1. The third kappa shape index (κ3) is 4.88. The van der Waals surface area contributed by atoms with Crippen molar-refractivity contribution in [3.63, 3.8) is 0 Å². The molecule has 9 nitrogen and oxygen atoms in total. The Kier molecular flexibility index (Phi) is 6.30. The lowest BCUT2D eigenvalue weighted by molar-refractivity contribution is 0.102. The van der Waals surface area contributed by atoms with E-state index in [1.807, 2.05) is 48.7 Å². The lowest BCUT2D eigenvalue weighted by Crippen LogP contribution is -2.47. The number of morpholine rings is 1. The van der Waals surface area contributed by atoms with Crippen LogP contribution < -0.4 is 20.0 Å². The van der Waals surface area contributed by atoms with E-state index in [2.05, 4.69) is 35.0 Å². The number of carbonyl (C=O) groups excluding carboxylic acids is 1. The van der Waals surface area contributed by atoms with Gasteiger partial charge in [0.25, 0.3) is 5.91 Å². The highest BCUT2D eigenvalue weighted by atomic mass is 16.5. The average molecular weight is 446 g/mol. The van der Waals surface area contributed by atoms with E-state index in [1.165, 1.54) is 0 Å². The fraction of sp³-hybridized carbons (Fsp3) is 0.333.